The molecule has 172 valence electrons. The molecule has 5 heteroatoms. The van der Waals surface area contributed by atoms with Crippen LogP contribution in [-0.2, 0) is 11.2 Å². The van der Waals surface area contributed by atoms with E-state index in [4.69, 9.17) is 0 Å². The fraction of sp³-hybridized carbons (Fsp3) is 0.241. The van der Waals surface area contributed by atoms with Gasteiger partial charge in [0, 0.05) is 54.3 Å². The average Bonchev–Trinajstić information content (AvgIpc) is 3.48. The molecule has 2 N–H and O–H groups in total. The second-order valence-corrected chi connectivity index (χ2v) is 9.01. The Morgan fingerprint density at radius 2 is 1.79 bits per heavy atom. The minimum atomic E-state index is -0.334. The van der Waals surface area contributed by atoms with Gasteiger partial charge >= 0.3 is 0 Å². The Kier molecular flexibility index (Phi) is 6.03. The Hall–Kier alpha value is -3.70. The van der Waals surface area contributed by atoms with Crippen LogP contribution in [0.15, 0.2) is 79.0 Å². The number of carbonyl (C=O) groups excluding carboxylic acids is 2. The number of H-pyrrole nitrogens is 1. The predicted molar refractivity (Wildman–Crippen MR) is 137 cm³/mol. The molecule has 0 fully saturated rings. The minimum absolute atomic E-state index is 0.0390. The zero-order valence-corrected chi connectivity index (χ0v) is 19.5. The van der Waals surface area contributed by atoms with Gasteiger partial charge in [0.15, 0.2) is 5.78 Å². The quantitative estimate of drug-likeness (QED) is 0.386. The van der Waals surface area contributed by atoms with Crippen molar-refractivity contribution in [1.29, 1.82) is 0 Å². The lowest BCUT2D eigenvalue weighted by atomic mass is 9.90. The molecule has 1 aliphatic rings. The molecule has 5 rings (SSSR count). The van der Waals surface area contributed by atoms with Crippen LogP contribution in [0.25, 0.3) is 10.9 Å². The summed E-state index contributed by atoms with van der Waals surface area (Å²) in [5.41, 5.74) is 6.22. The standard InChI is InChI=1S/C29H29N3O2/c1-19(29(34)23-12-13-28-22(16-23)14-15-32(28)20(2)33)30-17-25(21-8-4-3-5-9-21)26-18-31-27-11-7-6-10-24(26)27/h3-13,16,18-19,25,30-31H,14-15,17H2,1-2H3. The number of anilines is 1. The summed E-state index contributed by atoms with van der Waals surface area (Å²) < 4.78 is 0. The van der Waals surface area contributed by atoms with Crippen LogP contribution in [0.4, 0.5) is 5.69 Å². The summed E-state index contributed by atoms with van der Waals surface area (Å²) in [6, 6.07) is 24.1. The van der Waals surface area contributed by atoms with Crippen molar-refractivity contribution in [3.63, 3.8) is 0 Å². The van der Waals surface area contributed by atoms with Gasteiger partial charge < -0.3 is 15.2 Å². The molecule has 0 spiro atoms. The van der Waals surface area contributed by atoms with Crippen molar-refractivity contribution in [2.75, 3.05) is 18.0 Å². The van der Waals surface area contributed by atoms with Crippen LogP contribution in [-0.4, -0.2) is 35.8 Å². The van der Waals surface area contributed by atoms with Gasteiger partial charge in [-0.2, -0.15) is 0 Å². The number of ketones is 1. The summed E-state index contributed by atoms with van der Waals surface area (Å²) in [5.74, 6) is 0.212. The Labute approximate surface area is 199 Å². The second-order valence-electron chi connectivity index (χ2n) is 9.01. The van der Waals surface area contributed by atoms with Crippen LogP contribution in [0.3, 0.4) is 0 Å². The van der Waals surface area contributed by atoms with E-state index in [0.29, 0.717) is 18.7 Å². The summed E-state index contributed by atoms with van der Waals surface area (Å²) in [5, 5.41) is 4.70. The molecular weight excluding hydrogens is 422 g/mol. The van der Waals surface area contributed by atoms with E-state index in [9.17, 15) is 9.59 Å². The van der Waals surface area contributed by atoms with Crippen LogP contribution in [0, 0.1) is 0 Å². The van der Waals surface area contributed by atoms with Crippen LogP contribution >= 0.6 is 0 Å². The van der Waals surface area contributed by atoms with Crippen molar-refractivity contribution >= 4 is 28.3 Å². The zero-order valence-electron chi connectivity index (χ0n) is 19.5. The molecule has 0 saturated carbocycles. The Bertz CT molecular complexity index is 1340. The molecule has 2 unspecified atom stereocenters. The molecule has 0 saturated heterocycles. The third-order valence-electron chi connectivity index (χ3n) is 6.86. The van der Waals surface area contributed by atoms with Crippen molar-refractivity contribution in [3.05, 3.63) is 101 Å². The highest BCUT2D eigenvalue weighted by Crippen LogP contribution is 2.31. The van der Waals surface area contributed by atoms with E-state index in [-0.39, 0.29) is 23.7 Å². The first-order valence-corrected chi connectivity index (χ1v) is 11.8. The number of carbonyl (C=O) groups is 2. The van der Waals surface area contributed by atoms with E-state index < -0.39 is 0 Å². The van der Waals surface area contributed by atoms with Crippen LogP contribution in [0.5, 0.6) is 0 Å². The number of aromatic amines is 1. The number of para-hydroxylation sites is 1. The first-order chi connectivity index (χ1) is 16.5. The van der Waals surface area contributed by atoms with E-state index in [1.54, 1.807) is 11.8 Å². The molecule has 34 heavy (non-hydrogen) atoms. The third-order valence-corrected chi connectivity index (χ3v) is 6.86. The molecule has 3 aromatic carbocycles. The summed E-state index contributed by atoms with van der Waals surface area (Å²) in [7, 11) is 0. The monoisotopic (exact) mass is 451 g/mol. The van der Waals surface area contributed by atoms with Gasteiger partial charge in [-0.15, -0.1) is 0 Å². The lowest BCUT2D eigenvalue weighted by Gasteiger charge is -2.21. The summed E-state index contributed by atoms with van der Waals surface area (Å²) >= 11 is 0. The Morgan fingerprint density at radius 1 is 1.03 bits per heavy atom. The summed E-state index contributed by atoms with van der Waals surface area (Å²) in [4.78, 5) is 30.2. The van der Waals surface area contributed by atoms with Gasteiger partial charge in [0.25, 0.3) is 0 Å². The van der Waals surface area contributed by atoms with Crippen molar-refractivity contribution in [1.82, 2.24) is 10.3 Å². The normalized spacial score (nSPS) is 14.7. The average molecular weight is 452 g/mol. The Balaban J connectivity index is 1.36. The number of Topliss-reactive ketones (excluding diaryl/α,β-unsaturated/α-hetero) is 1. The number of nitrogens with one attached hydrogen (secondary N) is 2. The van der Waals surface area contributed by atoms with E-state index >= 15 is 0 Å². The van der Waals surface area contributed by atoms with Crippen molar-refractivity contribution < 1.29 is 9.59 Å². The molecule has 1 amide bonds. The number of amides is 1. The molecule has 1 aromatic heterocycles. The van der Waals surface area contributed by atoms with Crippen LogP contribution in [0.2, 0.25) is 0 Å². The van der Waals surface area contributed by atoms with Gasteiger partial charge in [-0.05, 0) is 54.3 Å². The largest absolute Gasteiger partial charge is 0.361 e. The van der Waals surface area contributed by atoms with Gasteiger partial charge in [-0.3, -0.25) is 9.59 Å². The zero-order chi connectivity index (χ0) is 23.7. The number of aromatic nitrogens is 1. The van der Waals surface area contributed by atoms with E-state index in [1.807, 2.05) is 37.3 Å². The molecule has 0 bridgehead atoms. The highest BCUT2D eigenvalue weighted by molar-refractivity contribution is 6.01. The highest BCUT2D eigenvalue weighted by Gasteiger charge is 2.25. The molecule has 0 radical (unpaired) electrons. The first-order valence-electron chi connectivity index (χ1n) is 11.8. The van der Waals surface area contributed by atoms with E-state index in [1.165, 1.54) is 16.5 Å². The van der Waals surface area contributed by atoms with Gasteiger partial charge in [-0.1, -0.05) is 48.5 Å². The number of nitrogens with zero attached hydrogens (tertiary/aromatic N) is 1. The molecule has 4 aromatic rings. The molecule has 0 aliphatic carbocycles. The molecule has 2 heterocycles. The van der Waals surface area contributed by atoms with E-state index in [2.05, 4.69) is 59.0 Å². The fourth-order valence-electron chi connectivity index (χ4n) is 4.99. The van der Waals surface area contributed by atoms with Crippen LogP contribution < -0.4 is 10.2 Å². The molecule has 5 nitrogen and oxygen atoms in total. The maximum atomic E-state index is 13.3. The van der Waals surface area contributed by atoms with Gasteiger partial charge in [-0.25, -0.2) is 0 Å². The molecule has 2 atom stereocenters. The highest BCUT2D eigenvalue weighted by atomic mass is 16.2. The van der Waals surface area contributed by atoms with Gasteiger partial charge in [0.05, 0.1) is 6.04 Å². The predicted octanol–water partition coefficient (Wildman–Crippen LogP) is 5.07. The second kappa shape index (κ2) is 9.27. The summed E-state index contributed by atoms with van der Waals surface area (Å²) in [6.07, 6.45) is 2.87. The van der Waals surface area contributed by atoms with E-state index in [0.717, 1.165) is 23.2 Å². The van der Waals surface area contributed by atoms with Gasteiger partial charge in [0.1, 0.15) is 0 Å². The SMILES string of the molecule is CC(=O)N1CCc2cc(C(=O)C(C)NCC(c3ccccc3)c3c[nH]c4ccccc34)ccc21. The number of benzene rings is 3. The summed E-state index contributed by atoms with van der Waals surface area (Å²) in [6.45, 7) is 4.83. The number of hydrogen-bond acceptors (Lipinski definition) is 3. The lowest BCUT2D eigenvalue weighted by molar-refractivity contribution is -0.116. The lowest BCUT2D eigenvalue weighted by Crippen LogP contribution is -2.37. The molecule has 1 aliphatic heterocycles. The number of hydrogen-bond donors (Lipinski definition) is 2. The third kappa shape index (κ3) is 4.15. The number of fused-ring (bicyclic) bond motifs is 2. The Morgan fingerprint density at radius 3 is 2.59 bits per heavy atom. The van der Waals surface area contributed by atoms with Crippen molar-refractivity contribution in [2.45, 2.75) is 32.2 Å². The van der Waals surface area contributed by atoms with Crippen molar-refractivity contribution in [2.24, 2.45) is 0 Å². The topological polar surface area (TPSA) is 65.2 Å². The fourth-order valence-corrected chi connectivity index (χ4v) is 4.99. The smallest absolute Gasteiger partial charge is 0.223 e. The number of rotatable bonds is 7. The van der Waals surface area contributed by atoms with Crippen LogP contribution in [0.1, 0.15) is 46.8 Å². The maximum Gasteiger partial charge on any atom is 0.223 e. The maximum absolute atomic E-state index is 13.3. The molecular formula is C29H29N3O2. The first kappa shape index (κ1) is 22.1. The van der Waals surface area contributed by atoms with Gasteiger partial charge in [0.2, 0.25) is 5.91 Å². The minimum Gasteiger partial charge on any atom is -0.361 e. The van der Waals surface area contributed by atoms with Crippen molar-refractivity contribution in [3.8, 4) is 0 Å².